The first-order valence-corrected chi connectivity index (χ1v) is 21.1. The van der Waals surface area contributed by atoms with Gasteiger partial charge < -0.3 is 89.7 Å². The second kappa shape index (κ2) is 16.4. The molecule has 0 aromatic carbocycles. The highest BCUT2D eigenvalue weighted by Gasteiger charge is 2.76. The minimum absolute atomic E-state index is 0.0162. The summed E-state index contributed by atoms with van der Waals surface area (Å²) in [6.07, 6.45) is -18.1. The van der Waals surface area contributed by atoms with Crippen LogP contribution in [0.1, 0.15) is 72.6 Å². The van der Waals surface area contributed by atoms with Crippen molar-refractivity contribution in [2.75, 3.05) is 26.9 Å². The van der Waals surface area contributed by atoms with Crippen LogP contribution < -0.4 is 0 Å². The Hall–Kier alpha value is -0.720. The number of aliphatic hydroxyl groups excluding tert-OH is 12. The zero-order valence-electron chi connectivity index (χ0n) is 34.0. The Bertz CT molecular complexity index is 1430. The van der Waals surface area contributed by atoms with Gasteiger partial charge in [0.25, 0.3) is 0 Å². The average Bonchev–Trinajstić information content (AvgIpc) is 3.67. The molecule has 58 heavy (non-hydrogen) atoms. The lowest BCUT2D eigenvalue weighted by atomic mass is 9.41. The molecule has 3 saturated heterocycles. The predicted molar refractivity (Wildman–Crippen MR) is 197 cm³/mol. The van der Waals surface area contributed by atoms with Crippen molar-refractivity contribution in [1.82, 2.24) is 0 Å². The summed E-state index contributed by atoms with van der Waals surface area (Å²) >= 11 is 0. The summed E-state index contributed by atoms with van der Waals surface area (Å²) in [6, 6.07) is 0. The molecule has 25 atom stereocenters. The van der Waals surface area contributed by atoms with Gasteiger partial charge in [-0.3, -0.25) is 0 Å². The van der Waals surface area contributed by atoms with E-state index in [1.807, 2.05) is 6.92 Å². The van der Waals surface area contributed by atoms with E-state index >= 15 is 0 Å². The Labute approximate surface area is 338 Å². The molecule has 4 saturated carbocycles. The first-order chi connectivity index (χ1) is 27.3. The van der Waals surface area contributed by atoms with Crippen molar-refractivity contribution in [2.45, 2.75) is 176 Å². The second-order valence-corrected chi connectivity index (χ2v) is 19.2. The maximum absolute atomic E-state index is 12.0. The molecule has 0 aromatic rings. The van der Waals surface area contributed by atoms with Crippen LogP contribution in [0.4, 0.5) is 0 Å². The molecule has 0 radical (unpaired) electrons. The Morgan fingerprint density at radius 3 is 1.90 bits per heavy atom. The van der Waals surface area contributed by atoms with Crippen molar-refractivity contribution in [1.29, 1.82) is 0 Å². The Kier molecular flexibility index (Phi) is 12.8. The average molecular weight is 837 g/mol. The third kappa shape index (κ3) is 6.67. The molecule has 0 aromatic heterocycles. The molecule has 7 fully saturated rings. The van der Waals surface area contributed by atoms with E-state index in [2.05, 4.69) is 13.8 Å². The number of ether oxygens (including phenoxy) is 6. The van der Waals surface area contributed by atoms with Crippen molar-refractivity contribution in [2.24, 2.45) is 46.3 Å². The van der Waals surface area contributed by atoms with E-state index in [9.17, 15) is 61.3 Å². The quantitative estimate of drug-likeness (QED) is 0.0928. The summed E-state index contributed by atoms with van der Waals surface area (Å²) in [6.45, 7) is 7.09. The Balaban J connectivity index is 1.07. The van der Waals surface area contributed by atoms with Gasteiger partial charge in [0.15, 0.2) is 18.4 Å². The minimum atomic E-state index is -1.80. The molecule has 336 valence electrons. The van der Waals surface area contributed by atoms with Crippen LogP contribution in [0.3, 0.4) is 0 Å². The zero-order valence-corrected chi connectivity index (χ0v) is 34.0. The molecule has 0 spiro atoms. The van der Waals surface area contributed by atoms with Crippen LogP contribution in [0, 0.1) is 46.3 Å². The second-order valence-electron chi connectivity index (χ2n) is 19.2. The molecule has 7 aliphatic rings. The van der Waals surface area contributed by atoms with Crippen LogP contribution in [0.2, 0.25) is 0 Å². The minimum Gasteiger partial charge on any atom is -0.394 e. The first kappa shape index (κ1) is 45.3. The fourth-order valence-corrected chi connectivity index (χ4v) is 13.3. The largest absolute Gasteiger partial charge is 0.394 e. The monoisotopic (exact) mass is 836 g/mol. The van der Waals surface area contributed by atoms with Crippen LogP contribution in [-0.4, -0.2) is 192 Å². The van der Waals surface area contributed by atoms with E-state index < -0.39 is 116 Å². The van der Waals surface area contributed by atoms with Gasteiger partial charge in [0.1, 0.15) is 72.7 Å². The highest BCUT2D eigenvalue weighted by Crippen LogP contribution is 2.72. The number of hydrogen-bond donors (Lipinski definition) is 12. The summed E-state index contributed by atoms with van der Waals surface area (Å²) in [5.74, 6) is -1.10. The van der Waals surface area contributed by atoms with Gasteiger partial charge in [-0.2, -0.15) is 0 Å². The number of aliphatic hydroxyl groups is 12. The summed E-state index contributed by atoms with van der Waals surface area (Å²) < 4.78 is 36.7. The lowest BCUT2D eigenvalue weighted by Crippen LogP contribution is -2.79. The summed E-state index contributed by atoms with van der Waals surface area (Å²) in [4.78, 5) is 0. The lowest BCUT2D eigenvalue weighted by Gasteiger charge is -2.68. The van der Waals surface area contributed by atoms with Crippen molar-refractivity contribution in [3.05, 3.63) is 0 Å². The van der Waals surface area contributed by atoms with Gasteiger partial charge in [-0.15, -0.1) is 0 Å². The van der Waals surface area contributed by atoms with E-state index in [1.54, 1.807) is 14.0 Å². The molecular weight excluding hydrogens is 768 g/mol. The number of fused-ring (bicyclic) bond motifs is 7. The van der Waals surface area contributed by atoms with Gasteiger partial charge >= 0.3 is 0 Å². The highest BCUT2D eigenvalue weighted by molar-refractivity contribution is 5.23. The van der Waals surface area contributed by atoms with E-state index in [0.29, 0.717) is 38.5 Å². The van der Waals surface area contributed by atoms with Crippen molar-refractivity contribution >= 4 is 0 Å². The van der Waals surface area contributed by atoms with Gasteiger partial charge in [-0.1, -0.05) is 27.7 Å². The molecule has 3 heterocycles. The molecule has 12 N–H and O–H groups in total. The van der Waals surface area contributed by atoms with Crippen LogP contribution in [0.5, 0.6) is 0 Å². The molecule has 18 nitrogen and oxygen atoms in total. The summed E-state index contributed by atoms with van der Waals surface area (Å²) in [7, 11) is 1.65. The van der Waals surface area contributed by atoms with E-state index in [-0.39, 0.29) is 60.1 Å². The van der Waals surface area contributed by atoms with Gasteiger partial charge in [-0.25, -0.2) is 0 Å². The maximum Gasteiger partial charge on any atom is 0.187 e. The van der Waals surface area contributed by atoms with E-state index in [4.69, 9.17) is 28.4 Å². The molecular formula is C40H68O18. The fraction of sp³-hybridized carbons (Fsp3) is 1.00. The topological polar surface area (TPSA) is 298 Å². The summed E-state index contributed by atoms with van der Waals surface area (Å²) in [5, 5.41) is 128. The molecule has 25 unspecified atom stereocenters. The number of hydrogen-bond acceptors (Lipinski definition) is 18. The van der Waals surface area contributed by atoms with Crippen molar-refractivity contribution in [3.63, 3.8) is 0 Å². The van der Waals surface area contributed by atoms with E-state index in [1.165, 1.54) is 0 Å². The maximum atomic E-state index is 12.0. The molecule has 7 rings (SSSR count). The molecule has 4 aliphatic carbocycles. The number of methoxy groups -OCH3 is 1. The third-order valence-electron chi connectivity index (χ3n) is 16.6. The van der Waals surface area contributed by atoms with Crippen LogP contribution in [-0.2, 0) is 28.4 Å². The van der Waals surface area contributed by atoms with Gasteiger partial charge in [0.05, 0.1) is 32.0 Å². The SMILES string of the molecule is COC1(CCC(C)COC2OC(CO)C(O)C(O)C2O)OC2CC3C4CCC5(OC6OC(CO)C(O)C(O)C6O)C(O)C(O)C(O)C(O)C5(C)C4CCC3(C)C2C1C. The lowest BCUT2D eigenvalue weighted by molar-refractivity contribution is -0.398. The Morgan fingerprint density at radius 2 is 1.29 bits per heavy atom. The standard InChI is InChI=1S/C40H68O18/c1-16(15-54-35-31(49)27(45)25(43)22(13-41)55-35)6-11-40(53-5)17(2)24-21(57-40)12-20-18-7-10-39(58-36-32(50)28(46)26(44)23(14-42)56-36)34(52)30(48)29(47)33(51)38(39,4)19(18)8-9-37(20,24)3/h16-36,41-52H,6-15H2,1-5H3. The van der Waals surface area contributed by atoms with Gasteiger partial charge in [0, 0.05) is 24.9 Å². The molecule has 3 aliphatic heterocycles. The molecule has 0 bridgehead atoms. The first-order valence-electron chi connectivity index (χ1n) is 21.1. The summed E-state index contributed by atoms with van der Waals surface area (Å²) in [5.41, 5.74) is -3.36. The number of rotatable bonds is 11. The highest BCUT2D eigenvalue weighted by atomic mass is 16.7. The van der Waals surface area contributed by atoms with E-state index in [0.717, 1.165) is 0 Å². The zero-order chi connectivity index (χ0) is 42.4. The smallest absolute Gasteiger partial charge is 0.187 e. The Morgan fingerprint density at radius 1 is 0.707 bits per heavy atom. The normalized spacial score (nSPS) is 57.3. The molecule has 0 amide bonds. The third-order valence-corrected chi connectivity index (χ3v) is 16.6. The van der Waals surface area contributed by atoms with Crippen molar-refractivity contribution < 1.29 is 89.7 Å². The van der Waals surface area contributed by atoms with Gasteiger partial charge in [-0.05, 0) is 73.5 Å². The van der Waals surface area contributed by atoms with Gasteiger partial charge in [0.2, 0.25) is 0 Å². The van der Waals surface area contributed by atoms with Crippen LogP contribution in [0.25, 0.3) is 0 Å². The molecule has 18 heteroatoms. The van der Waals surface area contributed by atoms with Crippen LogP contribution in [0.15, 0.2) is 0 Å². The fourth-order valence-electron chi connectivity index (χ4n) is 13.3. The van der Waals surface area contributed by atoms with Crippen molar-refractivity contribution in [3.8, 4) is 0 Å². The van der Waals surface area contributed by atoms with Crippen LogP contribution >= 0.6 is 0 Å². The predicted octanol–water partition coefficient (Wildman–Crippen LogP) is -2.92.